The van der Waals surface area contributed by atoms with Crippen LogP contribution in [0.3, 0.4) is 0 Å². The quantitative estimate of drug-likeness (QED) is 0.582. The van der Waals surface area contributed by atoms with Crippen LogP contribution in [-0.2, 0) is 19.6 Å². The Bertz CT molecular complexity index is 1010. The molecule has 3 aliphatic rings. The Hall–Kier alpha value is -1.94. The molecule has 1 aromatic rings. The van der Waals surface area contributed by atoms with Gasteiger partial charge in [0.25, 0.3) is 0 Å². The Morgan fingerprint density at radius 3 is 2.47 bits per heavy atom. The number of benzene rings is 1. The molecule has 3 saturated heterocycles. The van der Waals surface area contributed by atoms with Crippen molar-refractivity contribution < 1.29 is 18.0 Å². The Kier molecular flexibility index (Phi) is 8.29. The molecule has 34 heavy (non-hydrogen) atoms. The van der Waals surface area contributed by atoms with Gasteiger partial charge in [-0.2, -0.15) is 4.72 Å². The Balaban J connectivity index is 1.33. The van der Waals surface area contributed by atoms with E-state index in [-0.39, 0.29) is 24.4 Å². The van der Waals surface area contributed by atoms with Gasteiger partial charge in [0.1, 0.15) is 6.04 Å². The molecule has 3 fully saturated rings. The number of rotatable bonds is 8. The number of nitrogens with zero attached hydrogens (tertiary/aromatic N) is 3. The average molecular weight is 509 g/mol. The van der Waals surface area contributed by atoms with Gasteiger partial charge in [0.15, 0.2) is 0 Å². The lowest BCUT2D eigenvalue weighted by atomic mass is 10.1. The van der Waals surface area contributed by atoms with Gasteiger partial charge in [-0.3, -0.25) is 9.59 Å². The molecule has 0 unspecified atom stereocenters. The highest BCUT2D eigenvalue weighted by Crippen LogP contribution is 2.22. The second-order valence-corrected chi connectivity index (χ2v) is 11.4. The normalized spacial score (nSPS) is 24.4. The summed E-state index contributed by atoms with van der Waals surface area (Å²) in [5, 5.41) is 1.62. The van der Waals surface area contributed by atoms with Gasteiger partial charge in [-0.1, -0.05) is 23.7 Å². The fourth-order valence-electron chi connectivity index (χ4n) is 5.06. The van der Waals surface area contributed by atoms with E-state index in [0.717, 1.165) is 44.4 Å². The van der Waals surface area contributed by atoms with Gasteiger partial charge < -0.3 is 14.7 Å². The van der Waals surface area contributed by atoms with E-state index in [1.54, 1.807) is 24.3 Å². The van der Waals surface area contributed by atoms with Crippen LogP contribution in [0.15, 0.2) is 29.7 Å². The van der Waals surface area contributed by atoms with Gasteiger partial charge in [0.05, 0.1) is 6.54 Å². The van der Waals surface area contributed by atoms with Crippen molar-refractivity contribution in [2.75, 3.05) is 39.3 Å². The molecular formula is C24H33ClN4O4S. The molecule has 3 heterocycles. The topological polar surface area (TPSA) is 90.0 Å². The van der Waals surface area contributed by atoms with Gasteiger partial charge in [-0.15, -0.1) is 0 Å². The summed E-state index contributed by atoms with van der Waals surface area (Å²) in [5.74, 6) is -0.375. The van der Waals surface area contributed by atoms with Gasteiger partial charge in [0, 0.05) is 36.1 Å². The summed E-state index contributed by atoms with van der Waals surface area (Å²) in [6.45, 7) is 4.30. The molecule has 0 aliphatic carbocycles. The van der Waals surface area contributed by atoms with Gasteiger partial charge in [-0.25, -0.2) is 8.42 Å². The van der Waals surface area contributed by atoms with Crippen LogP contribution in [0.2, 0.25) is 5.02 Å². The molecule has 3 aliphatic heterocycles. The first-order chi connectivity index (χ1) is 16.3. The van der Waals surface area contributed by atoms with E-state index < -0.39 is 16.1 Å². The van der Waals surface area contributed by atoms with Crippen molar-refractivity contribution in [3.8, 4) is 0 Å². The average Bonchev–Trinajstić information content (AvgIpc) is 3.49. The van der Waals surface area contributed by atoms with Crippen LogP contribution >= 0.6 is 11.6 Å². The van der Waals surface area contributed by atoms with Crippen LogP contribution in [0.4, 0.5) is 0 Å². The molecule has 2 amide bonds. The van der Waals surface area contributed by atoms with E-state index in [1.807, 2.05) is 4.90 Å². The predicted octanol–water partition coefficient (Wildman–Crippen LogP) is 2.31. The summed E-state index contributed by atoms with van der Waals surface area (Å²) in [4.78, 5) is 31.9. The molecule has 0 bridgehead atoms. The molecule has 10 heteroatoms. The predicted molar refractivity (Wildman–Crippen MR) is 133 cm³/mol. The van der Waals surface area contributed by atoms with Crippen molar-refractivity contribution in [3.05, 3.63) is 40.3 Å². The molecule has 0 saturated carbocycles. The highest BCUT2D eigenvalue weighted by molar-refractivity contribution is 7.92. The SMILES string of the molecule is O=C1[C@@H](NS(=O)(=O)C=Cc2ccc(Cl)cc2)CCCN1CC(=O)N1CCC[C@H]1CN1CCCC1. The second kappa shape index (κ2) is 11.2. The molecule has 1 aromatic carbocycles. The summed E-state index contributed by atoms with van der Waals surface area (Å²) in [5.41, 5.74) is 0.686. The lowest BCUT2D eigenvalue weighted by molar-refractivity contribution is -0.143. The Morgan fingerprint density at radius 1 is 1.03 bits per heavy atom. The minimum Gasteiger partial charge on any atom is -0.337 e. The van der Waals surface area contributed by atoms with E-state index >= 15 is 0 Å². The molecule has 186 valence electrons. The molecule has 0 spiro atoms. The number of hydrogen-bond acceptors (Lipinski definition) is 5. The maximum absolute atomic E-state index is 13.1. The number of nitrogens with one attached hydrogen (secondary N) is 1. The van der Waals surface area contributed by atoms with Gasteiger partial charge >= 0.3 is 0 Å². The second-order valence-electron chi connectivity index (χ2n) is 9.36. The molecule has 4 rings (SSSR count). The van der Waals surface area contributed by atoms with Crippen LogP contribution in [0.5, 0.6) is 0 Å². The summed E-state index contributed by atoms with van der Waals surface area (Å²) in [6, 6.07) is 6.12. The van der Waals surface area contributed by atoms with Crippen molar-refractivity contribution in [2.45, 2.75) is 50.6 Å². The highest BCUT2D eigenvalue weighted by Gasteiger charge is 2.36. The molecule has 0 radical (unpaired) electrons. The molecule has 0 aromatic heterocycles. The summed E-state index contributed by atoms with van der Waals surface area (Å²) >= 11 is 5.86. The number of carbonyl (C=O) groups excluding carboxylic acids is 2. The van der Waals surface area contributed by atoms with E-state index in [0.29, 0.717) is 30.0 Å². The van der Waals surface area contributed by atoms with Crippen LogP contribution in [-0.4, -0.2) is 86.3 Å². The number of likely N-dealkylation sites (tertiary alicyclic amines) is 3. The standard InChI is InChI=1S/C24H33ClN4O4S/c25-20-9-7-19(8-10-20)11-16-34(32,33)26-22-6-4-14-28(24(22)31)18-23(30)29-15-3-5-21(29)17-27-12-1-2-13-27/h7-11,16,21-22,26H,1-6,12-15,17-18H2/t21-,22-/m0/s1. The molecule has 2 atom stereocenters. The minimum atomic E-state index is -3.82. The Labute approximate surface area is 207 Å². The number of hydrogen-bond donors (Lipinski definition) is 1. The molecule has 8 nitrogen and oxygen atoms in total. The monoisotopic (exact) mass is 508 g/mol. The first kappa shape index (κ1) is 25.2. The lowest BCUT2D eigenvalue weighted by Gasteiger charge is -2.34. The van der Waals surface area contributed by atoms with Crippen molar-refractivity contribution >= 4 is 39.5 Å². The maximum Gasteiger partial charge on any atom is 0.242 e. The number of amides is 2. The van der Waals surface area contributed by atoms with Crippen molar-refractivity contribution in [1.82, 2.24) is 19.4 Å². The first-order valence-corrected chi connectivity index (χ1v) is 14.0. The Morgan fingerprint density at radius 2 is 1.74 bits per heavy atom. The van der Waals surface area contributed by atoms with E-state index in [1.165, 1.54) is 23.8 Å². The summed E-state index contributed by atoms with van der Waals surface area (Å²) in [6.07, 6.45) is 6.94. The van der Waals surface area contributed by atoms with Crippen molar-refractivity contribution in [2.24, 2.45) is 0 Å². The third-order valence-electron chi connectivity index (χ3n) is 6.84. The summed E-state index contributed by atoms with van der Waals surface area (Å²) in [7, 11) is -3.82. The first-order valence-electron chi connectivity index (χ1n) is 12.1. The number of piperidine rings is 1. The summed E-state index contributed by atoms with van der Waals surface area (Å²) < 4.78 is 27.6. The van der Waals surface area contributed by atoms with E-state index in [2.05, 4.69) is 9.62 Å². The van der Waals surface area contributed by atoms with Crippen LogP contribution in [0.1, 0.15) is 44.1 Å². The lowest BCUT2D eigenvalue weighted by Crippen LogP contribution is -2.55. The fourth-order valence-corrected chi connectivity index (χ4v) is 6.21. The minimum absolute atomic E-state index is 0.00811. The van der Waals surface area contributed by atoms with Crippen LogP contribution < -0.4 is 4.72 Å². The third kappa shape index (κ3) is 6.59. The van der Waals surface area contributed by atoms with Crippen molar-refractivity contribution in [3.63, 3.8) is 0 Å². The van der Waals surface area contributed by atoms with Gasteiger partial charge in [0.2, 0.25) is 21.8 Å². The molecule has 1 N–H and O–H groups in total. The molecular weight excluding hydrogens is 476 g/mol. The largest absolute Gasteiger partial charge is 0.337 e. The van der Waals surface area contributed by atoms with Crippen LogP contribution in [0.25, 0.3) is 6.08 Å². The fraction of sp³-hybridized carbons (Fsp3) is 0.583. The highest BCUT2D eigenvalue weighted by atomic mass is 35.5. The van der Waals surface area contributed by atoms with E-state index in [9.17, 15) is 18.0 Å². The van der Waals surface area contributed by atoms with Gasteiger partial charge in [-0.05, 0) is 75.4 Å². The number of sulfonamides is 1. The number of carbonyl (C=O) groups is 2. The number of halogens is 1. The third-order valence-corrected chi connectivity index (χ3v) is 8.20. The zero-order valence-electron chi connectivity index (χ0n) is 19.4. The smallest absolute Gasteiger partial charge is 0.242 e. The zero-order chi connectivity index (χ0) is 24.1. The zero-order valence-corrected chi connectivity index (χ0v) is 20.9. The van der Waals surface area contributed by atoms with Crippen molar-refractivity contribution in [1.29, 1.82) is 0 Å². The van der Waals surface area contributed by atoms with Crippen LogP contribution in [0, 0.1) is 0 Å². The van der Waals surface area contributed by atoms with E-state index in [4.69, 9.17) is 11.6 Å². The maximum atomic E-state index is 13.1.